The number of hydrogen-bond donors (Lipinski definition) is 1. The number of Topliss-reactive ketones (excluding diaryl/α,β-unsaturated/α-hetero) is 1. The lowest BCUT2D eigenvalue weighted by Crippen LogP contribution is -2.48. The Labute approximate surface area is 174 Å². The first-order chi connectivity index (χ1) is 14.7. The largest absolute Gasteiger partial charge is 0.469 e. The highest BCUT2D eigenvalue weighted by molar-refractivity contribution is 6.03. The van der Waals surface area contributed by atoms with Gasteiger partial charge in [-0.05, 0) is 18.2 Å². The van der Waals surface area contributed by atoms with E-state index in [4.69, 9.17) is 9.40 Å². The second-order valence-electron chi connectivity index (χ2n) is 7.51. The summed E-state index contributed by atoms with van der Waals surface area (Å²) in [4.78, 5) is 35.3. The number of carbonyl (C=O) groups excluding carboxylic acids is 1. The Balaban J connectivity index is 1.39. The van der Waals surface area contributed by atoms with E-state index in [2.05, 4.69) is 30.1 Å². The molecule has 1 aliphatic heterocycles. The lowest BCUT2D eigenvalue weighted by molar-refractivity contribution is 0.0959. The number of carbonyl (C=O) groups is 1. The maximum atomic E-state index is 12.9. The summed E-state index contributed by atoms with van der Waals surface area (Å²) in [6.45, 7) is 3.09. The smallest absolute Gasteiger partial charge is 0.227 e. The van der Waals surface area contributed by atoms with Gasteiger partial charge in [-0.1, -0.05) is 0 Å². The summed E-state index contributed by atoms with van der Waals surface area (Å²) in [5.74, 6) is 2.90. The molecule has 3 aromatic heterocycles. The predicted octanol–water partition coefficient (Wildman–Crippen LogP) is 2.14. The molecule has 1 N–H and O–H groups in total. The van der Waals surface area contributed by atoms with Crippen LogP contribution >= 0.6 is 0 Å². The number of hydrogen-bond acceptors (Lipinski definition) is 9. The molecule has 3 aromatic rings. The van der Waals surface area contributed by atoms with E-state index in [0.717, 1.165) is 43.6 Å². The third-order valence-electron chi connectivity index (χ3n) is 5.70. The first-order valence-electron chi connectivity index (χ1n) is 10.1. The predicted molar refractivity (Wildman–Crippen MR) is 112 cm³/mol. The van der Waals surface area contributed by atoms with Crippen LogP contribution in [0.3, 0.4) is 0 Å². The standard InChI is InChI=1S/C21H23N7O2/c1-22-19-18-15(12-14(13-16(18)29)17-4-2-11-30-17)25-21(26-19)28-9-7-27(8-10-28)20-23-5-3-6-24-20/h2-6,11,14H,7-10,12-13H2,1H3,(H,22,25,26). The van der Waals surface area contributed by atoms with Gasteiger partial charge in [0.15, 0.2) is 5.78 Å². The van der Waals surface area contributed by atoms with Crippen LogP contribution < -0.4 is 15.1 Å². The third-order valence-corrected chi connectivity index (χ3v) is 5.70. The second kappa shape index (κ2) is 7.74. The van der Waals surface area contributed by atoms with Crippen molar-refractivity contribution >= 4 is 23.5 Å². The average molecular weight is 405 g/mol. The van der Waals surface area contributed by atoms with Crippen molar-refractivity contribution in [3.05, 3.63) is 53.9 Å². The summed E-state index contributed by atoms with van der Waals surface area (Å²) >= 11 is 0. The Morgan fingerprint density at radius 3 is 2.40 bits per heavy atom. The van der Waals surface area contributed by atoms with E-state index in [0.29, 0.717) is 30.2 Å². The Morgan fingerprint density at radius 1 is 1.00 bits per heavy atom. The summed E-state index contributed by atoms with van der Waals surface area (Å²) in [7, 11) is 1.79. The molecule has 9 heteroatoms. The summed E-state index contributed by atoms with van der Waals surface area (Å²) in [5, 5.41) is 3.10. The number of anilines is 3. The second-order valence-corrected chi connectivity index (χ2v) is 7.51. The van der Waals surface area contributed by atoms with Gasteiger partial charge in [-0.25, -0.2) is 15.0 Å². The average Bonchev–Trinajstić information content (AvgIpc) is 3.34. The molecule has 154 valence electrons. The van der Waals surface area contributed by atoms with E-state index in [9.17, 15) is 4.79 Å². The molecular weight excluding hydrogens is 382 g/mol. The van der Waals surface area contributed by atoms with Crippen molar-refractivity contribution < 1.29 is 9.21 Å². The first-order valence-corrected chi connectivity index (χ1v) is 10.1. The molecule has 1 saturated heterocycles. The van der Waals surface area contributed by atoms with Gasteiger partial charge in [0.1, 0.15) is 11.6 Å². The van der Waals surface area contributed by atoms with Crippen LogP contribution in [0.1, 0.15) is 34.2 Å². The lowest BCUT2D eigenvalue weighted by Gasteiger charge is -2.35. The minimum atomic E-state index is 0.0135. The van der Waals surface area contributed by atoms with Gasteiger partial charge in [-0.2, -0.15) is 4.98 Å². The molecule has 9 nitrogen and oxygen atoms in total. The number of piperazine rings is 1. The highest BCUT2D eigenvalue weighted by Crippen LogP contribution is 2.35. The number of ketones is 1. The van der Waals surface area contributed by atoms with Gasteiger partial charge >= 0.3 is 0 Å². The number of fused-ring (bicyclic) bond motifs is 1. The van der Waals surface area contributed by atoms with E-state index in [1.807, 2.05) is 18.2 Å². The van der Waals surface area contributed by atoms with Crippen molar-refractivity contribution in [1.82, 2.24) is 19.9 Å². The van der Waals surface area contributed by atoms with Gasteiger partial charge in [0.05, 0.1) is 17.5 Å². The van der Waals surface area contributed by atoms with Gasteiger partial charge in [-0.15, -0.1) is 0 Å². The number of nitrogens with zero attached hydrogens (tertiary/aromatic N) is 6. The molecule has 0 bridgehead atoms. The monoisotopic (exact) mass is 405 g/mol. The Hall–Kier alpha value is -3.49. The van der Waals surface area contributed by atoms with Gasteiger partial charge in [0.2, 0.25) is 11.9 Å². The van der Waals surface area contributed by atoms with Crippen LogP contribution in [0.15, 0.2) is 41.3 Å². The quantitative estimate of drug-likeness (QED) is 0.699. The molecular formula is C21H23N7O2. The van der Waals surface area contributed by atoms with Crippen LogP contribution in [-0.4, -0.2) is 58.9 Å². The van der Waals surface area contributed by atoms with Crippen LogP contribution in [0, 0.1) is 0 Å². The van der Waals surface area contributed by atoms with Gasteiger partial charge in [0.25, 0.3) is 0 Å². The normalized spacial score (nSPS) is 19.0. The molecule has 2 aliphatic rings. The zero-order chi connectivity index (χ0) is 20.5. The van der Waals surface area contributed by atoms with Gasteiger partial charge < -0.3 is 19.5 Å². The van der Waals surface area contributed by atoms with Crippen molar-refractivity contribution in [3.63, 3.8) is 0 Å². The molecule has 0 aromatic carbocycles. The molecule has 0 radical (unpaired) electrons. The van der Waals surface area contributed by atoms with Crippen molar-refractivity contribution in [2.75, 3.05) is 48.3 Å². The zero-order valence-electron chi connectivity index (χ0n) is 16.8. The minimum Gasteiger partial charge on any atom is -0.469 e. The molecule has 0 spiro atoms. The van der Waals surface area contributed by atoms with E-state index in [-0.39, 0.29) is 11.7 Å². The van der Waals surface area contributed by atoms with Crippen molar-refractivity contribution in [3.8, 4) is 0 Å². The number of aromatic nitrogens is 4. The number of nitrogens with one attached hydrogen (secondary N) is 1. The summed E-state index contributed by atoms with van der Waals surface area (Å²) in [5.41, 5.74) is 1.40. The minimum absolute atomic E-state index is 0.0135. The highest BCUT2D eigenvalue weighted by atomic mass is 16.3. The van der Waals surface area contributed by atoms with Gasteiger partial charge in [-0.3, -0.25) is 4.79 Å². The van der Waals surface area contributed by atoms with Crippen molar-refractivity contribution in [2.45, 2.75) is 18.8 Å². The number of furan rings is 1. The van der Waals surface area contributed by atoms with Gasteiger partial charge in [0, 0.05) is 64.4 Å². The van der Waals surface area contributed by atoms with Crippen LogP contribution in [0.4, 0.5) is 17.7 Å². The summed E-state index contributed by atoms with van der Waals surface area (Å²) in [6.07, 6.45) is 6.24. The van der Waals surface area contributed by atoms with Crippen LogP contribution in [0.25, 0.3) is 0 Å². The van der Waals surface area contributed by atoms with Crippen LogP contribution in [0.2, 0.25) is 0 Å². The summed E-state index contributed by atoms with van der Waals surface area (Å²) < 4.78 is 5.55. The van der Waals surface area contributed by atoms with Crippen molar-refractivity contribution in [2.24, 2.45) is 0 Å². The van der Waals surface area contributed by atoms with E-state index < -0.39 is 0 Å². The highest BCUT2D eigenvalue weighted by Gasteiger charge is 2.33. The molecule has 5 rings (SSSR count). The van der Waals surface area contributed by atoms with E-state index in [1.54, 1.807) is 25.7 Å². The zero-order valence-corrected chi connectivity index (χ0v) is 16.8. The topological polar surface area (TPSA) is 100 Å². The Morgan fingerprint density at radius 2 is 1.73 bits per heavy atom. The molecule has 1 aliphatic carbocycles. The third kappa shape index (κ3) is 3.36. The molecule has 30 heavy (non-hydrogen) atoms. The fraction of sp³-hybridized carbons (Fsp3) is 0.381. The maximum Gasteiger partial charge on any atom is 0.227 e. The molecule has 4 heterocycles. The molecule has 1 fully saturated rings. The Bertz CT molecular complexity index is 1030. The maximum absolute atomic E-state index is 12.9. The fourth-order valence-electron chi connectivity index (χ4n) is 4.17. The molecule has 0 amide bonds. The van der Waals surface area contributed by atoms with Crippen LogP contribution in [-0.2, 0) is 6.42 Å². The molecule has 0 saturated carbocycles. The summed E-state index contributed by atoms with van der Waals surface area (Å²) in [6, 6.07) is 5.60. The van der Waals surface area contributed by atoms with Crippen LogP contribution in [0.5, 0.6) is 0 Å². The fourth-order valence-corrected chi connectivity index (χ4v) is 4.17. The van der Waals surface area contributed by atoms with Crippen molar-refractivity contribution in [1.29, 1.82) is 0 Å². The van der Waals surface area contributed by atoms with E-state index in [1.165, 1.54) is 0 Å². The van der Waals surface area contributed by atoms with E-state index >= 15 is 0 Å². The first kappa shape index (κ1) is 18.5. The lowest BCUT2D eigenvalue weighted by atomic mass is 9.84. The Kier molecular flexibility index (Phi) is 4.78. The molecule has 1 atom stereocenters. The molecule has 1 unspecified atom stereocenters. The SMILES string of the molecule is CNc1nc(N2CCN(c3ncccn3)CC2)nc2c1C(=O)CC(c1ccco1)C2. The number of rotatable bonds is 4.